The van der Waals surface area contributed by atoms with Crippen molar-refractivity contribution in [3.63, 3.8) is 0 Å². The molecule has 1 saturated heterocycles. The number of hydrogen-bond donors (Lipinski definition) is 4. The van der Waals surface area contributed by atoms with Gasteiger partial charge in [0.05, 0.1) is 17.5 Å². The zero-order valence-electron chi connectivity index (χ0n) is 12.8. The Kier molecular flexibility index (Phi) is 4.31. The number of aliphatic hydroxyl groups excluding tert-OH is 1. The van der Waals surface area contributed by atoms with E-state index in [4.69, 9.17) is 11.5 Å². The molecule has 0 bridgehead atoms. The fourth-order valence-electron chi connectivity index (χ4n) is 2.82. The quantitative estimate of drug-likeness (QED) is 0.644. The molecule has 0 amide bonds. The molecule has 1 aromatic carbocycles. The predicted octanol–water partition coefficient (Wildman–Crippen LogP) is 0.720. The van der Waals surface area contributed by atoms with Crippen molar-refractivity contribution in [1.82, 2.24) is 10.2 Å². The van der Waals surface area contributed by atoms with Crippen molar-refractivity contribution in [3.05, 3.63) is 30.3 Å². The molecule has 2 unspecified atom stereocenters. The Morgan fingerprint density at radius 2 is 1.87 bits per heavy atom. The van der Waals surface area contributed by atoms with Gasteiger partial charge in [0.2, 0.25) is 0 Å². The van der Waals surface area contributed by atoms with Crippen LogP contribution in [-0.2, 0) is 0 Å². The van der Waals surface area contributed by atoms with Crippen LogP contribution in [0.15, 0.2) is 30.3 Å². The van der Waals surface area contributed by atoms with Crippen LogP contribution in [0.1, 0.15) is 12.8 Å². The third-order valence-electron chi connectivity index (χ3n) is 4.24. The number of para-hydroxylation sites is 1. The molecule has 2 atom stereocenters. The number of nitrogens with two attached hydrogens (primary N) is 2. The molecule has 122 valence electrons. The average molecular weight is 315 g/mol. The van der Waals surface area contributed by atoms with Crippen molar-refractivity contribution < 1.29 is 10.2 Å². The highest BCUT2D eigenvalue weighted by Crippen LogP contribution is 2.32. The fraction of sp³-hybridized carbons (Fsp3) is 0.375. The number of aromatic hydroxyl groups is 1. The van der Waals surface area contributed by atoms with Gasteiger partial charge in [-0.3, -0.25) is 0 Å². The molecule has 7 heteroatoms. The number of benzene rings is 1. The van der Waals surface area contributed by atoms with Crippen molar-refractivity contribution in [1.29, 1.82) is 0 Å². The molecular weight excluding hydrogens is 294 g/mol. The topological polar surface area (TPSA) is 122 Å². The van der Waals surface area contributed by atoms with E-state index in [2.05, 4.69) is 15.1 Å². The molecule has 6 N–H and O–H groups in total. The lowest BCUT2D eigenvalue weighted by Gasteiger charge is -2.23. The minimum absolute atomic E-state index is 0.144. The molecule has 23 heavy (non-hydrogen) atoms. The van der Waals surface area contributed by atoms with E-state index in [-0.39, 0.29) is 11.8 Å². The first kappa shape index (κ1) is 15.5. The largest absolute Gasteiger partial charge is 0.507 e. The van der Waals surface area contributed by atoms with Gasteiger partial charge in [-0.05, 0) is 31.0 Å². The maximum Gasteiger partial charge on any atom is 0.169 e. The molecule has 2 aromatic rings. The van der Waals surface area contributed by atoms with E-state index in [9.17, 15) is 10.2 Å². The SMILES string of the molecule is Nc1nnc(-c2ccccc2O)cc1N1CCC(N)C(O)CC1. The number of nitrogens with zero attached hydrogens (tertiary/aromatic N) is 3. The molecular formula is C16H21N5O2. The van der Waals surface area contributed by atoms with Crippen LogP contribution < -0.4 is 16.4 Å². The highest BCUT2D eigenvalue weighted by atomic mass is 16.3. The van der Waals surface area contributed by atoms with Crippen LogP contribution in [0.25, 0.3) is 11.3 Å². The fourth-order valence-corrected chi connectivity index (χ4v) is 2.82. The second-order valence-corrected chi connectivity index (χ2v) is 5.81. The van der Waals surface area contributed by atoms with E-state index in [1.165, 1.54) is 0 Å². The van der Waals surface area contributed by atoms with Crippen molar-refractivity contribution in [2.24, 2.45) is 5.73 Å². The summed E-state index contributed by atoms with van der Waals surface area (Å²) in [7, 11) is 0. The Balaban J connectivity index is 1.94. The Morgan fingerprint density at radius 1 is 1.13 bits per heavy atom. The summed E-state index contributed by atoms with van der Waals surface area (Å²) in [6.45, 7) is 1.33. The molecule has 1 aromatic heterocycles. The first-order valence-electron chi connectivity index (χ1n) is 7.66. The van der Waals surface area contributed by atoms with E-state index in [1.54, 1.807) is 18.2 Å². The number of nitrogen functional groups attached to an aromatic ring is 1. The second-order valence-electron chi connectivity index (χ2n) is 5.81. The van der Waals surface area contributed by atoms with Crippen molar-refractivity contribution in [2.45, 2.75) is 25.0 Å². The van der Waals surface area contributed by atoms with Gasteiger partial charge in [-0.15, -0.1) is 10.2 Å². The maximum absolute atomic E-state index is 9.99. The summed E-state index contributed by atoms with van der Waals surface area (Å²) in [6.07, 6.45) is 0.748. The summed E-state index contributed by atoms with van der Waals surface area (Å²) in [6, 6.07) is 8.56. The van der Waals surface area contributed by atoms with Crippen LogP contribution >= 0.6 is 0 Å². The molecule has 7 nitrogen and oxygen atoms in total. The first-order chi connectivity index (χ1) is 11.1. The molecule has 3 rings (SSSR count). The van der Waals surface area contributed by atoms with Crippen molar-refractivity contribution >= 4 is 11.5 Å². The third kappa shape index (κ3) is 3.20. The minimum atomic E-state index is -0.506. The third-order valence-corrected chi connectivity index (χ3v) is 4.24. The van der Waals surface area contributed by atoms with Gasteiger partial charge >= 0.3 is 0 Å². The van der Waals surface area contributed by atoms with Crippen LogP contribution in [0.4, 0.5) is 11.5 Å². The van der Waals surface area contributed by atoms with Crippen LogP contribution in [0, 0.1) is 0 Å². The molecule has 0 aliphatic carbocycles. The molecule has 0 radical (unpaired) electrons. The molecule has 1 fully saturated rings. The number of anilines is 2. The van der Waals surface area contributed by atoms with Gasteiger partial charge in [-0.1, -0.05) is 12.1 Å². The van der Waals surface area contributed by atoms with Gasteiger partial charge in [0.1, 0.15) is 5.75 Å². The minimum Gasteiger partial charge on any atom is -0.507 e. The van der Waals surface area contributed by atoms with E-state index in [0.29, 0.717) is 43.0 Å². The van der Waals surface area contributed by atoms with Gasteiger partial charge < -0.3 is 26.6 Å². The zero-order chi connectivity index (χ0) is 16.4. The Hall–Kier alpha value is -2.38. The Morgan fingerprint density at radius 3 is 2.65 bits per heavy atom. The summed E-state index contributed by atoms with van der Waals surface area (Å²) in [5.74, 6) is 0.472. The van der Waals surface area contributed by atoms with Gasteiger partial charge in [0.25, 0.3) is 0 Å². The van der Waals surface area contributed by atoms with Gasteiger partial charge in [0.15, 0.2) is 5.82 Å². The van der Waals surface area contributed by atoms with Gasteiger partial charge in [-0.25, -0.2) is 0 Å². The first-order valence-corrected chi connectivity index (χ1v) is 7.66. The van der Waals surface area contributed by atoms with Gasteiger partial charge in [-0.2, -0.15) is 0 Å². The maximum atomic E-state index is 9.99. The Bertz CT molecular complexity index is 682. The van der Waals surface area contributed by atoms with Crippen LogP contribution in [0.3, 0.4) is 0 Å². The van der Waals surface area contributed by atoms with Gasteiger partial charge in [0, 0.05) is 24.7 Å². The van der Waals surface area contributed by atoms with Crippen molar-refractivity contribution in [2.75, 3.05) is 23.7 Å². The van der Waals surface area contributed by atoms with E-state index in [1.807, 2.05) is 12.1 Å². The molecule has 0 saturated carbocycles. The number of phenols is 1. The molecule has 1 aliphatic rings. The lowest BCUT2D eigenvalue weighted by Crippen LogP contribution is -2.34. The number of phenolic OH excluding ortho intramolecular Hbond substituents is 1. The summed E-state index contributed by atoms with van der Waals surface area (Å²) in [5, 5.41) is 28.0. The summed E-state index contributed by atoms with van der Waals surface area (Å²) < 4.78 is 0. The number of aromatic nitrogens is 2. The number of aliphatic hydroxyl groups is 1. The van der Waals surface area contributed by atoms with Crippen molar-refractivity contribution in [3.8, 4) is 17.0 Å². The summed E-state index contributed by atoms with van der Waals surface area (Å²) in [4.78, 5) is 2.06. The van der Waals surface area contributed by atoms with E-state index in [0.717, 1.165) is 5.69 Å². The lowest BCUT2D eigenvalue weighted by atomic mass is 10.1. The van der Waals surface area contributed by atoms with Crippen LogP contribution in [-0.4, -0.2) is 45.6 Å². The highest BCUT2D eigenvalue weighted by Gasteiger charge is 2.23. The number of hydrogen-bond acceptors (Lipinski definition) is 7. The highest BCUT2D eigenvalue weighted by molar-refractivity contribution is 5.73. The summed E-state index contributed by atoms with van der Waals surface area (Å²) in [5.41, 5.74) is 13.8. The standard InChI is InChI=1S/C16H21N5O2/c17-11-5-7-21(8-6-15(11)23)13-9-12(19-20-16(13)18)10-3-1-2-4-14(10)22/h1-4,9,11,15,22-23H,5-8,17H2,(H2,18,20). The molecule has 0 spiro atoms. The monoisotopic (exact) mass is 315 g/mol. The number of rotatable bonds is 2. The Labute approximate surface area is 134 Å². The van der Waals surface area contributed by atoms with E-state index >= 15 is 0 Å². The zero-order valence-corrected chi connectivity index (χ0v) is 12.8. The molecule has 1 aliphatic heterocycles. The summed E-state index contributed by atoms with van der Waals surface area (Å²) >= 11 is 0. The van der Waals surface area contributed by atoms with Crippen LogP contribution in [0.5, 0.6) is 5.75 Å². The second kappa shape index (κ2) is 6.39. The predicted molar refractivity (Wildman–Crippen MR) is 89.0 cm³/mol. The smallest absolute Gasteiger partial charge is 0.169 e. The molecule has 2 heterocycles. The van der Waals surface area contributed by atoms with Crippen LogP contribution in [0.2, 0.25) is 0 Å². The van der Waals surface area contributed by atoms with E-state index < -0.39 is 6.10 Å². The normalized spacial score (nSPS) is 21.9. The average Bonchev–Trinajstić information content (AvgIpc) is 2.71. The lowest BCUT2D eigenvalue weighted by molar-refractivity contribution is 0.141.